The number of carbonyl (C=O) groups excluding carboxylic acids is 4. The molecule has 0 saturated heterocycles. The minimum absolute atomic E-state index is 0.106. The smallest absolute Gasteiger partial charge is 0.462 e. The highest BCUT2D eigenvalue weighted by Gasteiger charge is 2.30. The molecule has 0 amide bonds. The van der Waals surface area contributed by atoms with Crippen molar-refractivity contribution in [3.8, 4) is 0 Å². The van der Waals surface area contributed by atoms with Gasteiger partial charge in [-0.2, -0.15) is 0 Å². The van der Waals surface area contributed by atoms with Gasteiger partial charge in [0.05, 0.1) is 26.4 Å². The molecular formula is C79H154O17P2. The summed E-state index contributed by atoms with van der Waals surface area (Å²) >= 11 is 0. The van der Waals surface area contributed by atoms with Crippen molar-refractivity contribution in [2.45, 2.75) is 426 Å². The van der Waals surface area contributed by atoms with E-state index in [9.17, 15) is 43.2 Å². The molecule has 3 N–H and O–H groups in total. The molecule has 0 bridgehead atoms. The van der Waals surface area contributed by atoms with E-state index in [1.165, 1.54) is 218 Å². The molecule has 582 valence electrons. The maximum Gasteiger partial charge on any atom is 0.472 e. The summed E-state index contributed by atoms with van der Waals surface area (Å²) in [6.45, 7) is 11.9. The minimum Gasteiger partial charge on any atom is -0.462 e. The van der Waals surface area contributed by atoms with Crippen molar-refractivity contribution in [3.63, 3.8) is 0 Å². The number of phosphoric ester groups is 2. The molecule has 0 saturated carbocycles. The number of ether oxygens (including phenoxy) is 4. The van der Waals surface area contributed by atoms with Gasteiger partial charge >= 0.3 is 39.5 Å². The Labute approximate surface area is 600 Å². The van der Waals surface area contributed by atoms with Gasteiger partial charge in [0.2, 0.25) is 0 Å². The molecule has 0 spiro atoms. The van der Waals surface area contributed by atoms with E-state index in [2.05, 4.69) is 48.5 Å². The zero-order valence-electron chi connectivity index (χ0n) is 64.3. The predicted molar refractivity (Wildman–Crippen MR) is 400 cm³/mol. The summed E-state index contributed by atoms with van der Waals surface area (Å²) in [5.41, 5.74) is 0. The molecule has 17 nitrogen and oxygen atoms in total. The molecule has 98 heavy (non-hydrogen) atoms. The van der Waals surface area contributed by atoms with E-state index in [0.29, 0.717) is 25.7 Å². The topological polar surface area (TPSA) is 237 Å². The lowest BCUT2D eigenvalue weighted by Gasteiger charge is -2.21. The molecule has 0 radical (unpaired) electrons. The van der Waals surface area contributed by atoms with Crippen molar-refractivity contribution in [3.05, 3.63) is 0 Å². The average Bonchev–Trinajstić information content (AvgIpc) is 1.12. The fraction of sp³-hybridized carbons (Fsp3) is 0.949. The zero-order chi connectivity index (χ0) is 72.3. The fourth-order valence-corrected chi connectivity index (χ4v) is 13.7. The van der Waals surface area contributed by atoms with Crippen LogP contribution < -0.4 is 0 Å². The van der Waals surface area contributed by atoms with Crippen LogP contribution in [0.5, 0.6) is 0 Å². The Morgan fingerprint density at radius 1 is 0.276 bits per heavy atom. The largest absolute Gasteiger partial charge is 0.472 e. The standard InChI is InChI=1S/C79H154O17P2/c1-8-9-10-11-12-13-14-15-16-17-20-23-32-39-46-53-60-76(81)89-66-74(95-78(83)62-55-48-41-34-24-21-18-19-22-29-36-43-50-57-70(2)3)68-93-97(85,86)91-64-73(80)65-92-98(87,88)94-69-75(96-79(84)63-56-49-42-35-28-26-31-38-45-52-59-72(6)7)67-90-77(82)61-54-47-40-33-27-25-30-37-44-51-58-71(4)5/h70-75,80H,8-69H2,1-7H3,(H,85,86)(H,87,88)/t73-,74-,75-/m1/s1. The van der Waals surface area contributed by atoms with Gasteiger partial charge in [-0.25, -0.2) is 9.13 Å². The third-order valence-corrected chi connectivity index (χ3v) is 20.3. The van der Waals surface area contributed by atoms with Crippen LogP contribution in [-0.4, -0.2) is 96.7 Å². The molecule has 19 heteroatoms. The zero-order valence-corrected chi connectivity index (χ0v) is 66.0. The Balaban J connectivity index is 5.27. The highest BCUT2D eigenvalue weighted by Crippen LogP contribution is 2.45. The molecule has 0 aliphatic heterocycles. The van der Waals surface area contributed by atoms with Crippen LogP contribution in [0.3, 0.4) is 0 Å². The molecular weight excluding hydrogens is 1280 g/mol. The molecule has 0 heterocycles. The van der Waals surface area contributed by atoms with Crippen LogP contribution in [0.1, 0.15) is 408 Å². The summed E-state index contributed by atoms with van der Waals surface area (Å²) in [5, 5.41) is 10.6. The first kappa shape index (κ1) is 96.1. The number of unbranched alkanes of at least 4 members (excludes halogenated alkanes) is 45. The van der Waals surface area contributed by atoms with Crippen LogP contribution in [0.25, 0.3) is 0 Å². The summed E-state index contributed by atoms with van der Waals surface area (Å²) in [5.74, 6) is 0.185. The van der Waals surface area contributed by atoms with Crippen LogP contribution in [0, 0.1) is 17.8 Å². The van der Waals surface area contributed by atoms with Gasteiger partial charge in [-0.15, -0.1) is 0 Å². The second-order valence-corrected chi connectivity index (χ2v) is 32.8. The number of hydrogen-bond acceptors (Lipinski definition) is 15. The van der Waals surface area contributed by atoms with E-state index in [1.54, 1.807) is 0 Å². The Kier molecular flexibility index (Phi) is 68.1. The quantitative estimate of drug-likeness (QED) is 0.0222. The van der Waals surface area contributed by atoms with Gasteiger partial charge in [0.1, 0.15) is 19.3 Å². The number of esters is 4. The van der Waals surface area contributed by atoms with Gasteiger partial charge in [-0.3, -0.25) is 37.3 Å². The Hall–Kier alpha value is -1.94. The first-order valence-electron chi connectivity index (χ1n) is 40.8. The van der Waals surface area contributed by atoms with Gasteiger partial charge in [-0.05, 0) is 43.4 Å². The molecule has 0 rings (SSSR count). The molecule has 0 aliphatic carbocycles. The third kappa shape index (κ3) is 72.4. The van der Waals surface area contributed by atoms with Gasteiger partial charge in [-0.1, -0.05) is 357 Å². The van der Waals surface area contributed by atoms with E-state index < -0.39 is 97.5 Å². The molecule has 5 atom stereocenters. The van der Waals surface area contributed by atoms with Crippen molar-refractivity contribution in [2.24, 2.45) is 17.8 Å². The summed E-state index contributed by atoms with van der Waals surface area (Å²) in [4.78, 5) is 73.0. The number of rotatable bonds is 77. The Morgan fingerprint density at radius 3 is 0.694 bits per heavy atom. The predicted octanol–water partition coefficient (Wildman–Crippen LogP) is 23.4. The molecule has 0 fully saturated rings. The molecule has 2 unspecified atom stereocenters. The van der Waals surface area contributed by atoms with Gasteiger partial charge < -0.3 is 33.8 Å². The molecule has 0 aliphatic rings. The van der Waals surface area contributed by atoms with Crippen LogP contribution in [-0.2, 0) is 65.4 Å². The van der Waals surface area contributed by atoms with Crippen molar-refractivity contribution in [2.75, 3.05) is 39.6 Å². The Morgan fingerprint density at radius 2 is 0.469 bits per heavy atom. The second-order valence-electron chi connectivity index (χ2n) is 29.9. The van der Waals surface area contributed by atoms with Crippen LogP contribution in [0.4, 0.5) is 0 Å². The number of aliphatic hydroxyl groups excluding tert-OH is 1. The van der Waals surface area contributed by atoms with E-state index in [1.807, 2.05) is 0 Å². The van der Waals surface area contributed by atoms with Crippen molar-refractivity contribution in [1.29, 1.82) is 0 Å². The van der Waals surface area contributed by atoms with Crippen molar-refractivity contribution >= 4 is 39.5 Å². The van der Waals surface area contributed by atoms with E-state index >= 15 is 0 Å². The lowest BCUT2D eigenvalue weighted by Crippen LogP contribution is -2.30. The highest BCUT2D eigenvalue weighted by atomic mass is 31.2. The average molecular weight is 1440 g/mol. The van der Waals surface area contributed by atoms with Crippen molar-refractivity contribution in [1.82, 2.24) is 0 Å². The van der Waals surface area contributed by atoms with Gasteiger partial charge in [0.15, 0.2) is 12.2 Å². The van der Waals surface area contributed by atoms with E-state index in [4.69, 9.17) is 37.0 Å². The Bertz CT molecular complexity index is 1900. The highest BCUT2D eigenvalue weighted by molar-refractivity contribution is 7.47. The lowest BCUT2D eigenvalue weighted by molar-refractivity contribution is -0.161. The van der Waals surface area contributed by atoms with Crippen LogP contribution >= 0.6 is 15.6 Å². The van der Waals surface area contributed by atoms with Gasteiger partial charge in [0, 0.05) is 25.7 Å². The maximum absolute atomic E-state index is 13.1. The maximum atomic E-state index is 13.1. The van der Waals surface area contributed by atoms with Crippen LogP contribution in [0.15, 0.2) is 0 Å². The summed E-state index contributed by atoms with van der Waals surface area (Å²) in [6, 6.07) is 0. The van der Waals surface area contributed by atoms with E-state index in [-0.39, 0.29) is 25.7 Å². The normalized spacial score (nSPS) is 14.0. The molecule has 0 aromatic carbocycles. The van der Waals surface area contributed by atoms with Crippen LogP contribution in [0.2, 0.25) is 0 Å². The summed E-state index contributed by atoms with van der Waals surface area (Å²) in [6.07, 6.45) is 56.8. The lowest BCUT2D eigenvalue weighted by atomic mass is 10.0. The summed E-state index contributed by atoms with van der Waals surface area (Å²) in [7, 11) is -9.92. The van der Waals surface area contributed by atoms with Gasteiger partial charge in [0.25, 0.3) is 0 Å². The number of hydrogen-bond donors (Lipinski definition) is 3. The third-order valence-electron chi connectivity index (χ3n) is 18.4. The van der Waals surface area contributed by atoms with E-state index in [0.717, 1.165) is 108 Å². The van der Waals surface area contributed by atoms with Crippen molar-refractivity contribution < 1.29 is 80.2 Å². The fourth-order valence-electron chi connectivity index (χ4n) is 12.1. The monoisotopic (exact) mass is 1440 g/mol. The second kappa shape index (κ2) is 69.4. The SMILES string of the molecule is CCCCCCCCCCCCCCCCCCC(=O)OC[C@H](COP(=O)(O)OC[C@@H](O)COP(=O)(O)OC[C@@H](COC(=O)CCCCCCCCCCCCC(C)C)OC(=O)CCCCCCCCCCCCC(C)C)OC(=O)CCCCCCCCCCCCCCCC(C)C. The number of aliphatic hydroxyl groups is 1. The number of phosphoric acid groups is 2. The summed E-state index contributed by atoms with van der Waals surface area (Å²) < 4.78 is 68.7. The first-order valence-corrected chi connectivity index (χ1v) is 43.8. The minimum atomic E-state index is -4.96. The number of carbonyl (C=O) groups is 4. The molecule has 0 aromatic rings. The molecule has 0 aromatic heterocycles. The first-order chi connectivity index (χ1) is 47.2.